The molecule has 0 aliphatic carbocycles. The van der Waals surface area contributed by atoms with Crippen LogP contribution in [0.4, 0.5) is 0 Å². The van der Waals surface area contributed by atoms with Gasteiger partial charge in [0.05, 0.1) is 5.75 Å². The molecule has 2 nitrogen and oxygen atoms in total. The highest BCUT2D eigenvalue weighted by atomic mass is 32.2. The number of hydrogen-bond acceptors (Lipinski definition) is 3. The van der Waals surface area contributed by atoms with E-state index in [1.165, 1.54) is 0 Å². The Bertz CT molecular complexity index is 535. The Morgan fingerprint density at radius 3 is 2.76 bits per heavy atom. The molecule has 0 spiro atoms. The number of aromatic amines is 1. The highest BCUT2D eigenvalue weighted by molar-refractivity contribution is 7.98. The van der Waals surface area contributed by atoms with E-state index in [0.29, 0.717) is 4.64 Å². The van der Waals surface area contributed by atoms with Gasteiger partial charge in [-0.3, -0.25) is 0 Å². The van der Waals surface area contributed by atoms with Crippen molar-refractivity contribution in [3.8, 4) is 11.3 Å². The number of rotatable bonds is 4. The molecule has 0 aliphatic rings. The van der Waals surface area contributed by atoms with E-state index >= 15 is 0 Å². The van der Waals surface area contributed by atoms with Crippen LogP contribution in [0.3, 0.4) is 0 Å². The molecule has 2 rings (SSSR count). The molecule has 0 fully saturated rings. The van der Waals surface area contributed by atoms with Crippen molar-refractivity contribution in [1.82, 2.24) is 9.97 Å². The van der Waals surface area contributed by atoms with E-state index in [1.54, 1.807) is 0 Å². The van der Waals surface area contributed by atoms with Crippen molar-refractivity contribution in [1.29, 1.82) is 0 Å². The van der Waals surface area contributed by atoms with E-state index in [9.17, 15) is 0 Å². The maximum absolute atomic E-state index is 5.20. The Hall–Kier alpha value is -1.13. The highest BCUT2D eigenvalue weighted by Crippen LogP contribution is 2.17. The Morgan fingerprint density at radius 1 is 1.29 bits per heavy atom. The first-order chi connectivity index (χ1) is 8.29. The minimum atomic E-state index is 0.648. The zero-order valence-corrected chi connectivity index (χ0v) is 11.3. The quantitative estimate of drug-likeness (QED) is 0.842. The third kappa shape index (κ3) is 3.41. The average Bonchev–Trinajstić information content (AvgIpc) is 2.37. The zero-order chi connectivity index (χ0) is 12.1. The molecule has 0 radical (unpaired) electrons. The van der Waals surface area contributed by atoms with Crippen LogP contribution >= 0.6 is 24.0 Å². The van der Waals surface area contributed by atoms with Gasteiger partial charge in [0, 0.05) is 5.69 Å². The first-order valence-corrected chi connectivity index (χ1v) is 7.09. The molecule has 0 amide bonds. The molecule has 4 heteroatoms. The zero-order valence-electron chi connectivity index (χ0n) is 9.64. The van der Waals surface area contributed by atoms with Gasteiger partial charge >= 0.3 is 0 Å². The topological polar surface area (TPSA) is 28.7 Å². The van der Waals surface area contributed by atoms with Crippen molar-refractivity contribution in [2.45, 2.75) is 12.7 Å². The van der Waals surface area contributed by atoms with Crippen LogP contribution < -0.4 is 0 Å². The van der Waals surface area contributed by atoms with Gasteiger partial charge in [-0.05, 0) is 17.4 Å². The molecular formula is C13H14N2S2. The predicted molar refractivity (Wildman–Crippen MR) is 76.7 cm³/mol. The number of hydrogen-bond donors (Lipinski definition) is 1. The molecule has 0 saturated carbocycles. The molecule has 1 heterocycles. The molecule has 0 saturated heterocycles. The summed E-state index contributed by atoms with van der Waals surface area (Å²) in [6.07, 6.45) is 0. The van der Waals surface area contributed by atoms with Crippen LogP contribution in [0.15, 0.2) is 36.4 Å². The van der Waals surface area contributed by atoms with E-state index in [2.05, 4.69) is 29.0 Å². The van der Waals surface area contributed by atoms with Crippen LogP contribution in [0.2, 0.25) is 0 Å². The lowest BCUT2D eigenvalue weighted by molar-refractivity contribution is 1.03. The van der Waals surface area contributed by atoms with Crippen molar-refractivity contribution < 1.29 is 0 Å². The fourth-order valence-corrected chi connectivity index (χ4v) is 2.31. The van der Waals surface area contributed by atoms with Crippen molar-refractivity contribution in [3.05, 3.63) is 46.9 Å². The van der Waals surface area contributed by atoms with Crippen molar-refractivity contribution in [2.75, 3.05) is 5.75 Å². The SMILES string of the molecule is CCSCc1nc(=S)cc(-c2ccccc2)[nH]1. The Balaban J connectivity index is 2.35. The summed E-state index contributed by atoms with van der Waals surface area (Å²) < 4.78 is 0.648. The van der Waals surface area contributed by atoms with Crippen LogP contribution in [0.1, 0.15) is 12.7 Å². The monoisotopic (exact) mass is 262 g/mol. The van der Waals surface area contributed by atoms with E-state index < -0.39 is 0 Å². The lowest BCUT2D eigenvalue weighted by Gasteiger charge is -2.05. The van der Waals surface area contributed by atoms with Crippen molar-refractivity contribution in [2.24, 2.45) is 0 Å². The number of nitrogens with zero attached hydrogens (tertiary/aromatic N) is 1. The van der Waals surface area contributed by atoms with Gasteiger partial charge in [-0.2, -0.15) is 11.8 Å². The summed E-state index contributed by atoms with van der Waals surface area (Å²) in [7, 11) is 0. The normalized spacial score (nSPS) is 10.4. The number of H-pyrrole nitrogens is 1. The lowest BCUT2D eigenvalue weighted by Crippen LogP contribution is -1.95. The summed E-state index contributed by atoms with van der Waals surface area (Å²) >= 11 is 7.03. The fraction of sp³-hybridized carbons (Fsp3) is 0.231. The molecule has 0 unspecified atom stereocenters. The second-order valence-corrected chi connectivity index (χ2v) is 5.28. The van der Waals surface area contributed by atoms with Gasteiger partial charge in [-0.25, -0.2) is 4.98 Å². The Labute approximate surface area is 111 Å². The van der Waals surface area contributed by atoms with Crippen LogP contribution in [-0.2, 0) is 5.75 Å². The summed E-state index contributed by atoms with van der Waals surface area (Å²) in [5.41, 5.74) is 2.18. The molecule has 1 N–H and O–H groups in total. The minimum absolute atomic E-state index is 0.648. The largest absolute Gasteiger partial charge is 0.342 e. The van der Waals surface area contributed by atoms with E-state index in [1.807, 2.05) is 36.0 Å². The maximum Gasteiger partial charge on any atom is 0.130 e. The van der Waals surface area contributed by atoms with E-state index in [4.69, 9.17) is 12.2 Å². The second-order valence-electron chi connectivity index (χ2n) is 3.58. The Kier molecular flexibility index (Phi) is 4.34. The van der Waals surface area contributed by atoms with Crippen molar-refractivity contribution in [3.63, 3.8) is 0 Å². The van der Waals surface area contributed by atoms with Crippen LogP contribution in [0.5, 0.6) is 0 Å². The standard InChI is InChI=1S/C13H14N2S2/c1-2-17-9-12-14-11(8-13(16)15-12)10-6-4-3-5-7-10/h3-8H,2,9H2,1H3,(H,14,15,16). The number of nitrogens with one attached hydrogen (secondary N) is 1. The van der Waals surface area contributed by atoms with Crippen LogP contribution in [0.25, 0.3) is 11.3 Å². The molecule has 0 aliphatic heterocycles. The summed E-state index contributed by atoms with van der Waals surface area (Å²) in [6.45, 7) is 2.14. The minimum Gasteiger partial charge on any atom is -0.342 e. The van der Waals surface area contributed by atoms with E-state index in [0.717, 1.165) is 28.6 Å². The van der Waals surface area contributed by atoms with Gasteiger partial charge in [0.1, 0.15) is 10.5 Å². The molecule has 2 aromatic rings. The van der Waals surface area contributed by atoms with Gasteiger partial charge < -0.3 is 4.98 Å². The molecular weight excluding hydrogens is 248 g/mol. The molecule has 0 atom stereocenters. The average molecular weight is 262 g/mol. The number of aromatic nitrogens is 2. The van der Waals surface area contributed by atoms with Gasteiger partial charge in [-0.1, -0.05) is 49.5 Å². The molecule has 17 heavy (non-hydrogen) atoms. The summed E-state index contributed by atoms with van der Waals surface area (Å²) in [6, 6.07) is 12.1. The molecule has 88 valence electrons. The lowest BCUT2D eigenvalue weighted by atomic mass is 10.1. The fourth-order valence-electron chi connectivity index (χ4n) is 1.55. The van der Waals surface area contributed by atoms with Gasteiger partial charge in [0.15, 0.2) is 0 Å². The van der Waals surface area contributed by atoms with Crippen LogP contribution in [0, 0.1) is 4.64 Å². The highest BCUT2D eigenvalue weighted by Gasteiger charge is 2.01. The first kappa shape index (κ1) is 12.3. The first-order valence-electron chi connectivity index (χ1n) is 5.53. The third-order valence-electron chi connectivity index (χ3n) is 2.32. The van der Waals surface area contributed by atoms with Gasteiger partial charge in [0.25, 0.3) is 0 Å². The van der Waals surface area contributed by atoms with Crippen molar-refractivity contribution >= 4 is 24.0 Å². The Morgan fingerprint density at radius 2 is 2.06 bits per heavy atom. The number of benzene rings is 1. The predicted octanol–water partition coefficient (Wildman–Crippen LogP) is 4.06. The smallest absolute Gasteiger partial charge is 0.130 e. The summed E-state index contributed by atoms with van der Waals surface area (Å²) in [4.78, 5) is 7.67. The van der Waals surface area contributed by atoms with Crippen LogP contribution in [-0.4, -0.2) is 15.7 Å². The number of thioether (sulfide) groups is 1. The second kappa shape index (κ2) is 5.98. The maximum atomic E-state index is 5.20. The third-order valence-corrected chi connectivity index (χ3v) is 3.41. The molecule has 1 aromatic heterocycles. The van der Waals surface area contributed by atoms with Gasteiger partial charge in [0.2, 0.25) is 0 Å². The van der Waals surface area contributed by atoms with E-state index in [-0.39, 0.29) is 0 Å². The van der Waals surface area contributed by atoms with Gasteiger partial charge in [-0.15, -0.1) is 0 Å². The summed E-state index contributed by atoms with van der Waals surface area (Å²) in [5, 5.41) is 0. The molecule has 1 aromatic carbocycles. The molecule has 0 bridgehead atoms. The summed E-state index contributed by atoms with van der Waals surface area (Å²) in [5.74, 6) is 2.90.